The summed E-state index contributed by atoms with van der Waals surface area (Å²) in [7, 11) is 1.10. The molecule has 1 amide bonds. The number of benzene rings is 1. The molecule has 1 aromatic carbocycles. The molecule has 0 saturated heterocycles. The molecule has 1 rings (SSSR count). The number of carbonyl (C=O) groups is 1. The zero-order valence-corrected chi connectivity index (χ0v) is 8.58. The summed E-state index contributed by atoms with van der Waals surface area (Å²) in [4.78, 5) is 12.1. The molecule has 0 aromatic heterocycles. The highest BCUT2D eigenvalue weighted by Crippen LogP contribution is 2.17. The van der Waals surface area contributed by atoms with Crippen LogP contribution in [0.4, 0.5) is 18.9 Å². The van der Waals surface area contributed by atoms with Gasteiger partial charge in [0.1, 0.15) is 6.54 Å². The molecule has 1 aromatic rings. The van der Waals surface area contributed by atoms with Gasteiger partial charge in [-0.25, -0.2) is 0 Å². The summed E-state index contributed by atoms with van der Waals surface area (Å²) in [5.74, 6) is -0.683. The minimum Gasteiger partial charge on any atom is -0.399 e. The molecular formula is C10H11F3N2O. The molecule has 0 saturated carbocycles. The van der Waals surface area contributed by atoms with Gasteiger partial charge in [0.2, 0.25) is 0 Å². The van der Waals surface area contributed by atoms with Crippen molar-refractivity contribution < 1.29 is 18.0 Å². The third kappa shape index (κ3) is 3.45. The topological polar surface area (TPSA) is 46.3 Å². The highest BCUT2D eigenvalue weighted by Gasteiger charge is 2.31. The number of hydrogen-bond acceptors (Lipinski definition) is 2. The molecule has 16 heavy (non-hydrogen) atoms. The standard InChI is InChI=1S/C10H11F3N2O/c1-15(6-10(11,12)13)9(16)7-2-4-8(14)5-3-7/h2-5H,6,14H2,1H3. The van der Waals surface area contributed by atoms with Crippen molar-refractivity contribution in [3.63, 3.8) is 0 Å². The lowest BCUT2D eigenvalue weighted by molar-refractivity contribution is -0.138. The third-order valence-corrected chi connectivity index (χ3v) is 1.92. The summed E-state index contributed by atoms with van der Waals surface area (Å²) in [5.41, 5.74) is 6.03. The van der Waals surface area contributed by atoms with Crippen molar-refractivity contribution in [3.8, 4) is 0 Å². The fourth-order valence-electron chi connectivity index (χ4n) is 1.19. The predicted molar refractivity (Wildman–Crippen MR) is 53.9 cm³/mol. The lowest BCUT2D eigenvalue weighted by Crippen LogP contribution is -2.35. The zero-order valence-electron chi connectivity index (χ0n) is 8.58. The summed E-state index contributed by atoms with van der Waals surface area (Å²) in [5, 5.41) is 0. The summed E-state index contributed by atoms with van der Waals surface area (Å²) in [6.07, 6.45) is -4.39. The minimum atomic E-state index is -4.39. The van der Waals surface area contributed by atoms with E-state index in [2.05, 4.69) is 0 Å². The number of hydrogen-bond donors (Lipinski definition) is 1. The van der Waals surface area contributed by atoms with E-state index >= 15 is 0 Å². The van der Waals surface area contributed by atoms with Crippen molar-refractivity contribution >= 4 is 11.6 Å². The molecule has 0 atom stereocenters. The van der Waals surface area contributed by atoms with E-state index in [1.807, 2.05) is 0 Å². The lowest BCUT2D eigenvalue weighted by atomic mass is 10.2. The van der Waals surface area contributed by atoms with Gasteiger partial charge in [-0.2, -0.15) is 13.2 Å². The van der Waals surface area contributed by atoms with Crippen LogP contribution in [0.3, 0.4) is 0 Å². The minimum absolute atomic E-state index is 0.181. The second-order valence-corrected chi connectivity index (χ2v) is 3.40. The first-order chi connectivity index (χ1) is 7.29. The molecule has 0 spiro atoms. The molecule has 0 unspecified atom stereocenters. The number of anilines is 1. The van der Waals surface area contributed by atoms with Crippen LogP contribution in [0.25, 0.3) is 0 Å². The number of rotatable bonds is 2. The first-order valence-electron chi connectivity index (χ1n) is 4.47. The Balaban J connectivity index is 2.74. The molecule has 88 valence electrons. The first-order valence-corrected chi connectivity index (χ1v) is 4.47. The van der Waals surface area contributed by atoms with Gasteiger partial charge in [-0.05, 0) is 24.3 Å². The maximum atomic E-state index is 12.0. The first kappa shape index (κ1) is 12.4. The fourth-order valence-corrected chi connectivity index (χ4v) is 1.19. The Bertz CT molecular complexity index is 373. The molecule has 6 heteroatoms. The van der Waals surface area contributed by atoms with Gasteiger partial charge in [0.25, 0.3) is 5.91 Å². The van der Waals surface area contributed by atoms with Gasteiger partial charge in [0, 0.05) is 18.3 Å². The fraction of sp³-hybridized carbons (Fsp3) is 0.300. The molecule has 0 heterocycles. The van der Waals surface area contributed by atoms with E-state index in [1.165, 1.54) is 24.3 Å². The van der Waals surface area contributed by atoms with Crippen LogP contribution in [-0.4, -0.2) is 30.6 Å². The van der Waals surface area contributed by atoms with Crippen LogP contribution in [0.5, 0.6) is 0 Å². The van der Waals surface area contributed by atoms with Crippen molar-refractivity contribution in [2.45, 2.75) is 6.18 Å². The van der Waals surface area contributed by atoms with Gasteiger partial charge < -0.3 is 10.6 Å². The quantitative estimate of drug-likeness (QED) is 0.791. The monoisotopic (exact) mass is 232 g/mol. The van der Waals surface area contributed by atoms with Gasteiger partial charge in [0.05, 0.1) is 0 Å². The second kappa shape index (κ2) is 4.42. The SMILES string of the molecule is CN(CC(F)(F)F)C(=O)c1ccc(N)cc1. The summed E-state index contributed by atoms with van der Waals surface area (Å²) >= 11 is 0. The molecule has 0 aliphatic carbocycles. The van der Waals surface area contributed by atoms with E-state index in [4.69, 9.17) is 5.73 Å². The lowest BCUT2D eigenvalue weighted by Gasteiger charge is -2.18. The highest BCUT2D eigenvalue weighted by molar-refractivity contribution is 5.94. The molecule has 0 radical (unpaired) electrons. The Labute approximate surface area is 90.6 Å². The van der Waals surface area contributed by atoms with Gasteiger partial charge in [-0.3, -0.25) is 4.79 Å². The van der Waals surface area contributed by atoms with Crippen LogP contribution < -0.4 is 5.73 Å². The van der Waals surface area contributed by atoms with Crippen LogP contribution in [0.1, 0.15) is 10.4 Å². The smallest absolute Gasteiger partial charge is 0.399 e. The van der Waals surface area contributed by atoms with E-state index in [0.29, 0.717) is 10.6 Å². The number of nitrogens with zero attached hydrogens (tertiary/aromatic N) is 1. The van der Waals surface area contributed by atoms with Crippen LogP contribution in [0.2, 0.25) is 0 Å². The normalized spacial score (nSPS) is 11.2. The molecule has 2 N–H and O–H groups in total. The molecule has 3 nitrogen and oxygen atoms in total. The highest BCUT2D eigenvalue weighted by atomic mass is 19.4. The largest absolute Gasteiger partial charge is 0.406 e. The number of nitrogens with two attached hydrogens (primary N) is 1. The number of halogens is 3. The van der Waals surface area contributed by atoms with E-state index in [1.54, 1.807) is 0 Å². The predicted octanol–water partition coefficient (Wildman–Crippen LogP) is 1.90. The van der Waals surface area contributed by atoms with Crippen molar-refractivity contribution in [3.05, 3.63) is 29.8 Å². The van der Waals surface area contributed by atoms with Gasteiger partial charge >= 0.3 is 6.18 Å². The van der Waals surface area contributed by atoms with Crippen LogP contribution in [-0.2, 0) is 0 Å². The van der Waals surface area contributed by atoms with E-state index in [9.17, 15) is 18.0 Å². The Kier molecular flexibility index (Phi) is 3.41. The van der Waals surface area contributed by atoms with Crippen LogP contribution in [0, 0.1) is 0 Å². The van der Waals surface area contributed by atoms with E-state index < -0.39 is 18.6 Å². The number of alkyl halides is 3. The van der Waals surface area contributed by atoms with Gasteiger partial charge in [-0.1, -0.05) is 0 Å². The number of nitrogen functional groups attached to an aromatic ring is 1. The third-order valence-electron chi connectivity index (χ3n) is 1.92. The molecule has 0 fully saturated rings. The Morgan fingerprint density at radius 3 is 2.25 bits per heavy atom. The van der Waals surface area contributed by atoms with Crippen molar-refractivity contribution in [1.82, 2.24) is 4.90 Å². The van der Waals surface area contributed by atoms with Crippen LogP contribution in [0.15, 0.2) is 24.3 Å². The van der Waals surface area contributed by atoms with Gasteiger partial charge in [-0.15, -0.1) is 0 Å². The van der Waals surface area contributed by atoms with Crippen molar-refractivity contribution in [1.29, 1.82) is 0 Å². The maximum Gasteiger partial charge on any atom is 0.406 e. The molecule has 0 bridgehead atoms. The average Bonchev–Trinajstić information content (AvgIpc) is 2.15. The Morgan fingerprint density at radius 1 is 1.31 bits per heavy atom. The number of amides is 1. The van der Waals surface area contributed by atoms with Crippen LogP contribution >= 0.6 is 0 Å². The summed E-state index contributed by atoms with van der Waals surface area (Å²) in [6.45, 7) is -1.27. The molecule has 0 aliphatic rings. The van der Waals surface area contributed by atoms with E-state index in [0.717, 1.165) is 7.05 Å². The summed E-state index contributed by atoms with van der Waals surface area (Å²) in [6, 6.07) is 5.72. The maximum absolute atomic E-state index is 12.0. The molecule has 0 aliphatic heterocycles. The number of carbonyl (C=O) groups excluding carboxylic acids is 1. The van der Waals surface area contributed by atoms with Crippen molar-refractivity contribution in [2.24, 2.45) is 0 Å². The van der Waals surface area contributed by atoms with E-state index in [-0.39, 0.29) is 5.56 Å². The molecular weight excluding hydrogens is 221 g/mol. The zero-order chi connectivity index (χ0) is 12.3. The van der Waals surface area contributed by atoms with Gasteiger partial charge in [0.15, 0.2) is 0 Å². The summed E-state index contributed by atoms with van der Waals surface area (Å²) < 4.78 is 36.1. The average molecular weight is 232 g/mol. The second-order valence-electron chi connectivity index (χ2n) is 3.40. The Morgan fingerprint density at radius 2 is 1.81 bits per heavy atom. The van der Waals surface area contributed by atoms with Crippen molar-refractivity contribution in [2.75, 3.05) is 19.3 Å². The Hall–Kier alpha value is -1.72.